The largest absolute Gasteiger partial charge is 0.496 e. The van der Waals surface area contributed by atoms with Crippen molar-refractivity contribution in [2.45, 2.75) is 128 Å². The van der Waals surface area contributed by atoms with E-state index in [4.69, 9.17) is 18.9 Å². The maximum atomic E-state index is 14.3. The van der Waals surface area contributed by atoms with Crippen LogP contribution >= 0.6 is 11.9 Å². The molecule has 1 aromatic carbocycles. The molecule has 0 spiro atoms. The van der Waals surface area contributed by atoms with Crippen LogP contribution in [-0.4, -0.2) is 89.2 Å². The SMILES string of the molecule is C=NC(=O)[C@@H]1C[C@@H](Oc2cc(OCC)nc3c(C)c(OC)ccc23)CN1C(=O)[C@H](CCCCC/C=C\[C@@H]1CC1C(=O)NSC1(C)CC1)NC(=O)OC(C)(C)C. The molecule has 2 N–H and O–H groups in total. The van der Waals surface area contributed by atoms with Gasteiger partial charge in [0.2, 0.25) is 17.7 Å². The topological polar surface area (TPSA) is 158 Å². The summed E-state index contributed by atoms with van der Waals surface area (Å²) >= 11 is 1.56. The molecule has 300 valence electrons. The second kappa shape index (κ2) is 18.1. The molecule has 1 aliphatic heterocycles. The lowest BCUT2D eigenvalue weighted by Crippen LogP contribution is -2.52. The van der Waals surface area contributed by atoms with E-state index < -0.39 is 41.7 Å². The number of hydrogen-bond donors (Lipinski definition) is 2. The number of rotatable bonds is 18. The number of benzene rings is 1. The third-order valence-electron chi connectivity index (χ3n) is 10.2. The molecule has 2 heterocycles. The lowest BCUT2D eigenvalue weighted by atomic mass is 10.0. The van der Waals surface area contributed by atoms with Gasteiger partial charge in [0.25, 0.3) is 5.91 Å². The highest BCUT2D eigenvalue weighted by atomic mass is 32.2. The fourth-order valence-electron chi connectivity index (χ4n) is 6.76. The van der Waals surface area contributed by atoms with E-state index in [-0.39, 0.29) is 29.5 Å². The molecule has 3 fully saturated rings. The highest BCUT2D eigenvalue weighted by Crippen LogP contribution is 2.47. The number of nitrogens with one attached hydrogen (secondary N) is 2. The van der Waals surface area contributed by atoms with Crippen LogP contribution in [0.15, 0.2) is 35.3 Å². The average molecular weight is 780 g/mol. The van der Waals surface area contributed by atoms with E-state index in [0.717, 1.165) is 49.5 Å². The molecule has 2 aromatic rings. The van der Waals surface area contributed by atoms with E-state index in [9.17, 15) is 19.2 Å². The minimum atomic E-state index is -0.938. The standard InChI is InChI=1S/C41H57N5O8S/c1-9-52-34-23-33(28-17-18-32(51-8)25(2)35(28)44-34)53-27-22-31(37(48)42-7)46(24-27)38(49)30(43-39(50)54-40(3,4)5)16-14-12-10-11-13-15-26-21-29(26)36(47)45-55-41(6)19-20-41/h13,15,17-18,23,26-27,29-31H,7,9-12,14,16,19-22,24H2,1-6,8H3,(H,43,50)(H,45,47)/b15-13-/t26-,27-,29?,30+,31+/m1/s1. The average Bonchev–Trinajstić information content (AvgIpc) is 4.04. The molecule has 1 saturated heterocycles. The number of pyridine rings is 1. The minimum Gasteiger partial charge on any atom is -0.496 e. The van der Waals surface area contributed by atoms with E-state index in [0.29, 0.717) is 48.3 Å². The van der Waals surface area contributed by atoms with Gasteiger partial charge in [-0.2, -0.15) is 0 Å². The van der Waals surface area contributed by atoms with E-state index >= 15 is 0 Å². The Balaban J connectivity index is 1.22. The molecule has 13 nitrogen and oxygen atoms in total. The summed E-state index contributed by atoms with van der Waals surface area (Å²) in [5, 5.41) is 3.51. The van der Waals surface area contributed by atoms with Crippen molar-refractivity contribution in [3.8, 4) is 17.4 Å². The van der Waals surface area contributed by atoms with Gasteiger partial charge in [-0.1, -0.05) is 25.0 Å². The zero-order chi connectivity index (χ0) is 39.9. The monoisotopic (exact) mass is 779 g/mol. The number of allylic oxidation sites excluding steroid dienone is 2. The summed E-state index contributed by atoms with van der Waals surface area (Å²) in [7, 11) is 1.60. The Morgan fingerprint density at radius 1 is 1.15 bits per heavy atom. The van der Waals surface area contributed by atoms with Crippen LogP contribution in [0.3, 0.4) is 0 Å². The molecule has 2 saturated carbocycles. The summed E-state index contributed by atoms with van der Waals surface area (Å²) in [6.45, 7) is 15.1. The number of amides is 4. The second-order valence-corrected chi connectivity index (χ2v) is 17.3. The van der Waals surface area contributed by atoms with Crippen molar-refractivity contribution in [2.24, 2.45) is 16.8 Å². The quantitative estimate of drug-likeness (QED) is 0.0708. The summed E-state index contributed by atoms with van der Waals surface area (Å²) in [5.41, 5.74) is 0.702. The number of carbonyl (C=O) groups excluding carboxylic acids is 4. The summed E-state index contributed by atoms with van der Waals surface area (Å²) in [5.74, 6) is 1.05. The van der Waals surface area contributed by atoms with Gasteiger partial charge in [-0.3, -0.25) is 19.1 Å². The first-order valence-electron chi connectivity index (χ1n) is 19.4. The first kappa shape index (κ1) is 41.8. The van der Waals surface area contributed by atoms with Gasteiger partial charge in [0, 0.05) is 34.1 Å². The van der Waals surface area contributed by atoms with Crippen LogP contribution in [0, 0.1) is 18.8 Å². The van der Waals surface area contributed by atoms with Crippen molar-refractivity contribution >= 4 is 53.4 Å². The zero-order valence-electron chi connectivity index (χ0n) is 33.3. The number of aliphatic imine (C=N–C) groups is 1. The Morgan fingerprint density at radius 2 is 1.91 bits per heavy atom. The molecule has 55 heavy (non-hydrogen) atoms. The molecule has 5 atom stereocenters. The third-order valence-corrected chi connectivity index (χ3v) is 11.4. The molecule has 0 bridgehead atoms. The maximum absolute atomic E-state index is 14.3. The number of fused-ring (bicyclic) bond motifs is 1. The molecule has 14 heteroatoms. The predicted octanol–water partition coefficient (Wildman–Crippen LogP) is 6.88. The summed E-state index contributed by atoms with van der Waals surface area (Å²) in [6, 6.07) is 3.55. The molecule has 1 aromatic heterocycles. The third kappa shape index (κ3) is 11.4. The van der Waals surface area contributed by atoms with Crippen LogP contribution in [0.1, 0.15) is 98.0 Å². The Bertz CT molecular complexity index is 1770. The van der Waals surface area contributed by atoms with Crippen LogP contribution < -0.4 is 24.2 Å². The van der Waals surface area contributed by atoms with E-state index in [1.54, 1.807) is 45.9 Å². The number of carbonyl (C=O) groups is 4. The van der Waals surface area contributed by atoms with Crippen molar-refractivity contribution in [2.75, 3.05) is 20.3 Å². The first-order valence-corrected chi connectivity index (χ1v) is 20.2. The number of hydrogen-bond acceptors (Lipinski definition) is 10. The Kier molecular flexibility index (Phi) is 13.7. The molecule has 3 aliphatic rings. The molecule has 1 unspecified atom stereocenters. The number of nitrogens with zero attached hydrogens (tertiary/aromatic N) is 3. The van der Waals surface area contributed by atoms with E-state index in [1.807, 2.05) is 26.0 Å². The highest BCUT2D eigenvalue weighted by molar-refractivity contribution is 7.99. The van der Waals surface area contributed by atoms with Gasteiger partial charge in [0.1, 0.15) is 35.3 Å². The minimum absolute atomic E-state index is 0.0595. The van der Waals surface area contributed by atoms with Gasteiger partial charge in [0.15, 0.2) is 0 Å². The molecular weight excluding hydrogens is 723 g/mol. The summed E-state index contributed by atoms with van der Waals surface area (Å²) in [4.78, 5) is 62.6. The normalized spacial score (nSPS) is 21.8. The van der Waals surface area contributed by atoms with E-state index in [1.165, 1.54) is 4.90 Å². The van der Waals surface area contributed by atoms with Crippen LogP contribution in [0.5, 0.6) is 17.4 Å². The summed E-state index contributed by atoms with van der Waals surface area (Å²) < 4.78 is 26.6. The number of ether oxygens (including phenoxy) is 4. The number of unbranched alkanes of at least 4 members (excludes halogenated alkanes) is 3. The fraction of sp³-hybridized carbons (Fsp3) is 0.610. The number of alkyl carbamates (subject to hydrolysis) is 1. The Hall–Kier alpha value is -4.33. The maximum Gasteiger partial charge on any atom is 0.408 e. The van der Waals surface area contributed by atoms with Crippen LogP contribution in [-0.2, 0) is 19.1 Å². The van der Waals surface area contributed by atoms with Gasteiger partial charge in [-0.15, -0.1) is 0 Å². The van der Waals surface area contributed by atoms with Crippen molar-refractivity contribution in [1.29, 1.82) is 0 Å². The van der Waals surface area contributed by atoms with Crippen molar-refractivity contribution in [1.82, 2.24) is 19.9 Å². The van der Waals surface area contributed by atoms with Crippen molar-refractivity contribution in [3.63, 3.8) is 0 Å². The Morgan fingerprint density at radius 3 is 2.58 bits per heavy atom. The van der Waals surface area contributed by atoms with Gasteiger partial charge >= 0.3 is 6.09 Å². The lowest BCUT2D eigenvalue weighted by Gasteiger charge is -2.28. The van der Waals surface area contributed by atoms with Crippen LogP contribution in [0.4, 0.5) is 4.79 Å². The van der Waals surface area contributed by atoms with Crippen LogP contribution in [0.25, 0.3) is 10.9 Å². The van der Waals surface area contributed by atoms with Crippen molar-refractivity contribution in [3.05, 3.63) is 35.9 Å². The number of likely N-dealkylation sites (tertiary alicyclic amines) is 1. The number of aromatic nitrogens is 1. The van der Waals surface area contributed by atoms with Crippen molar-refractivity contribution < 1.29 is 38.1 Å². The molecule has 4 amide bonds. The molecule has 2 aliphatic carbocycles. The van der Waals surface area contributed by atoms with Gasteiger partial charge < -0.3 is 29.2 Å². The number of methoxy groups -OCH3 is 1. The highest BCUT2D eigenvalue weighted by Gasteiger charge is 2.45. The van der Waals surface area contributed by atoms with Crippen LogP contribution in [0.2, 0.25) is 0 Å². The smallest absolute Gasteiger partial charge is 0.408 e. The second-order valence-electron chi connectivity index (χ2n) is 15.9. The predicted molar refractivity (Wildman–Crippen MR) is 214 cm³/mol. The first-order chi connectivity index (χ1) is 26.1. The Labute approximate surface area is 328 Å². The van der Waals surface area contributed by atoms with E-state index in [2.05, 4.69) is 45.8 Å². The lowest BCUT2D eigenvalue weighted by molar-refractivity contribution is -0.139. The van der Waals surface area contributed by atoms with Gasteiger partial charge in [-0.05, 0) is 117 Å². The molecule has 0 radical (unpaired) electrons. The van der Waals surface area contributed by atoms with Gasteiger partial charge in [-0.25, -0.2) is 14.8 Å². The molecular formula is C41H57N5O8S. The summed E-state index contributed by atoms with van der Waals surface area (Å²) in [6.07, 6.45) is 9.92. The van der Waals surface area contributed by atoms with Gasteiger partial charge in [0.05, 0.1) is 25.8 Å². The fourth-order valence-corrected chi connectivity index (χ4v) is 7.57. The number of aryl methyl sites for hydroxylation is 1. The zero-order valence-corrected chi connectivity index (χ0v) is 34.1. The molecule has 5 rings (SSSR count).